The van der Waals surface area contributed by atoms with Gasteiger partial charge in [-0.05, 0) is 0 Å². The van der Waals surface area contributed by atoms with Crippen LogP contribution in [0.2, 0.25) is 13.3 Å². The van der Waals surface area contributed by atoms with E-state index in [1.54, 1.807) is 12.4 Å². The van der Waals surface area contributed by atoms with E-state index in [-0.39, 0.29) is 0 Å². The Morgan fingerprint density at radius 3 is 1.91 bits per heavy atom. The molecule has 5 heteroatoms. The molecule has 0 unspecified atom stereocenters. The molecule has 2 rings (SSSR count). The molecule has 2 aromatic rings. The summed E-state index contributed by atoms with van der Waals surface area (Å²) >= 11 is -2.54. The third-order valence-electron chi connectivity index (χ3n) is 4.73. The van der Waals surface area contributed by atoms with Gasteiger partial charge in [0.15, 0.2) is 0 Å². The number of nitrogens with zero attached hydrogens (tertiary/aromatic N) is 4. The van der Waals surface area contributed by atoms with Gasteiger partial charge in [0.2, 0.25) is 0 Å². The maximum atomic E-state index is 4.92. The van der Waals surface area contributed by atoms with Crippen molar-refractivity contribution >= 4 is 33.4 Å². The Bertz CT molecular complexity index is 581. The Labute approximate surface area is 144 Å². The Hall–Kier alpha value is -0.781. The van der Waals surface area contributed by atoms with Crippen molar-refractivity contribution in [2.45, 2.75) is 72.6 Å². The minimum atomic E-state index is -2.54. The quantitative estimate of drug-likeness (QED) is 0.531. The molecule has 0 fully saturated rings. The van der Waals surface area contributed by atoms with Crippen molar-refractivity contribution in [1.29, 1.82) is 0 Å². The first kappa shape index (κ1) is 18.6. The van der Waals surface area contributed by atoms with Gasteiger partial charge in [-0.1, -0.05) is 0 Å². The number of rotatable bonds is 10. The zero-order chi connectivity index (χ0) is 16.5. The van der Waals surface area contributed by atoms with Crippen LogP contribution in [0.1, 0.15) is 59.3 Å². The van der Waals surface area contributed by atoms with Crippen LogP contribution in [0.15, 0.2) is 18.6 Å². The molecule has 23 heavy (non-hydrogen) atoms. The van der Waals surface area contributed by atoms with E-state index in [1.165, 1.54) is 55.7 Å². The van der Waals surface area contributed by atoms with Crippen LogP contribution in [0.25, 0.3) is 11.2 Å². The van der Waals surface area contributed by atoms with Crippen molar-refractivity contribution in [1.82, 2.24) is 19.9 Å². The summed E-state index contributed by atoms with van der Waals surface area (Å²) < 4.78 is 5.35. The SMILES string of the molecule is CCC[CH2][Sn]([CH2]CCC)([CH2]CCC)[c]1ncc2nccnc2n1. The second kappa shape index (κ2) is 9.50. The Morgan fingerprint density at radius 2 is 1.35 bits per heavy atom. The van der Waals surface area contributed by atoms with Crippen LogP contribution in [0.3, 0.4) is 0 Å². The molecular weight excluding hydrogens is 391 g/mol. The molecule has 0 aliphatic rings. The topological polar surface area (TPSA) is 51.6 Å². The van der Waals surface area contributed by atoms with E-state index in [4.69, 9.17) is 9.97 Å². The molecule has 2 heterocycles. The van der Waals surface area contributed by atoms with E-state index < -0.39 is 18.4 Å². The average molecular weight is 421 g/mol. The molecule has 2 aromatic heterocycles. The van der Waals surface area contributed by atoms with Crippen molar-refractivity contribution in [3.8, 4) is 0 Å². The van der Waals surface area contributed by atoms with Crippen LogP contribution in [-0.2, 0) is 0 Å². The average Bonchev–Trinajstić information content (AvgIpc) is 2.61. The van der Waals surface area contributed by atoms with Crippen LogP contribution < -0.4 is 3.84 Å². The fourth-order valence-corrected chi connectivity index (χ4v) is 18.1. The summed E-state index contributed by atoms with van der Waals surface area (Å²) in [6.45, 7) is 6.88. The molecule has 4 nitrogen and oxygen atoms in total. The molecule has 0 saturated heterocycles. The molecular formula is C18H30N4Sn. The summed E-state index contributed by atoms with van der Waals surface area (Å²) in [7, 11) is 0. The Balaban J connectivity index is 2.41. The van der Waals surface area contributed by atoms with Gasteiger partial charge < -0.3 is 0 Å². The van der Waals surface area contributed by atoms with Crippen LogP contribution in [-0.4, -0.2) is 38.3 Å². The summed E-state index contributed by atoms with van der Waals surface area (Å²) in [6.07, 6.45) is 13.1. The van der Waals surface area contributed by atoms with E-state index in [0.29, 0.717) is 0 Å². The first-order valence-corrected chi connectivity index (χ1v) is 16.7. The molecule has 0 saturated carbocycles. The van der Waals surface area contributed by atoms with E-state index in [9.17, 15) is 0 Å². The third kappa shape index (κ3) is 4.85. The van der Waals surface area contributed by atoms with Crippen LogP contribution >= 0.6 is 0 Å². The van der Waals surface area contributed by atoms with E-state index >= 15 is 0 Å². The van der Waals surface area contributed by atoms with Crippen LogP contribution in [0.4, 0.5) is 0 Å². The van der Waals surface area contributed by atoms with E-state index in [1.807, 2.05) is 6.20 Å². The molecule has 0 aliphatic heterocycles. The minimum absolute atomic E-state index is 0.781. The van der Waals surface area contributed by atoms with Crippen molar-refractivity contribution in [2.75, 3.05) is 0 Å². The molecule has 126 valence electrons. The molecule has 0 atom stereocenters. The van der Waals surface area contributed by atoms with Crippen LogP contribution in [0.5, 0.6) is 0 Å². The first-order valence-electron chi connectivity index (χ1n) is 9.20. The van der Waals surface area contributed by atoms with Gasteiger partial charge in [0, 0.05) is 0 Å². The third-order valence-corrected chi connectivity index (χ3v) is 19.3. The Kier molecular flexibility index (Phi) is 7.66. The molecule has 0 spiro atoms. The zero-order valence-electron chi connectivity index (χ0n) is 14.9. The van der Waals surface area contributed by atoms with Crippen molar-refractivity contribution in [3.63, 3.8) is 0 Å². The zero-order valence-corrected chi connectivity index (χ0v) is 17.7. The number of aromatic nitrogens is 4. The predicted molar refractivity (Wildman–Crippen MR) is 99.7 cm³/mol. The second-order valence-electron chi connectivity index (χ2n) is 6.55. The fourth-order valence-electron chi connectivity index (χ4n) is 3.28. The van der Waals surface area contributed by atoms with Gasteiger partial charge >= 0.3 is 145 Å². The van der Waals surface area contributed by atoms with Gasteiger partial charge in [-0.3, -0.25) is 0 Å². The van der Waals surface area contributed by atoms with Gasteiger partial charge in [-0.2, -0.15) is 0 Å². The normalized spacial score (nSPS) is 12.0. The van der Waals surface area contributed by atoms with Crippen molar-refractivity contribution in [2.24, 2.45) is 0 Å². The summed E-state index contributed by atoms with van der Waals surface area (Å²) in [5, 5.41) is 0. The number of unbranched alkanes of at least 4 members (excludes halogenated alkanes) is 3. The summed E-state index contributed by atoms with van der Waals surface area (Å²) in [4.78, 5) is 18.5. The van der Waals surface area contributed by atoms with E-state index in [0.717, 1.165) is 11.2 Å². The molecule has 0 aliphatic carbocycles. The number of hydrogen-bond acceptors (Lipinski definition) is 4. The van der Waals surface area contributed by atoms with Gasteiger partial charge in [0.1, 0.15) is 0 Å². The monoisotopic (exact) mass is 422 g/mol. The van der Waals surface area contributed by atoms with E-state index in [2.05, 4.69) is 30.7 Å². The Morgan fingerprint density at radius 1 is 0.783 bits per heavy atom. The molecule has 0 aromatic carbocycles. The maximum absolute atomic E-state index is 4.92. The van der Waals surface area contributed by atoms with Crippen molar-refractivity contribution in [3.05, 3.63) is 18.6 Å². The van der Waals surface area contributed by atoms with Gasteiger partial charge in [-0.15, -0.1) is 0 Å². The van der Waals surface area contributed by atoms with Crippen molar-refractivity contribution < 1.29 is 0 Å². The first-order chi connectivity index (χ1) is 11.3. The summed E-state index contributed by atoms with van der Waals surface area (Å²) in [6, 6.07) is 0. The second-order valence-corrected chi connectivity index (χ2v) is 19.4. The van der Waals surface area contributed by atoms with Gasteiger partial charge in [-0.25, -0.2) is 0 Å². The number of hydrogen-bond donors (Lipinski definition) is 0. The predicted octanol–water partition coefficient (Wildman–Crippen LogP) is 4.48. The summed E-state index contributed by atoms with van der Waals surface area (Å²) in [5.74, 6) is 0. The molecule has 0 bridgehead atoms. The fraction of sp³-hybridized carbons (Fsp3) is 0.667. The molecule has 0 N–H and O–H groups in total. The van der Waals surface area contributed by atoms with Gasteiger partial charge in [0.25, 0.3) is 0 Å². The molecule has 0 amide bonds. The molecule has 0 radical (unpaired) electrons. The standard InChI is InChI=1S/C6H3N4.3C4H9.Sn/c1-2-9-6-5(8-1)3-7-4-10-6;3*1-3-4-2;/h1-3H;3*1,3-4H2,2H3;. The van der Waals surface area contributed by atoms with Crippen LogP contribution in [0, 0.1) is 0 Å². The van der Waals surface area contributed by atoms with Gasteiger partial charge in [0.05, 0.1) is 0 Å². The summed E-state index contributed by atoms with van der Waals surface area (Å²) in [5.41, 5.74) is 1.60. The number of fused-ring (bicyclic) bond motifs is 1.